The summed E-state index contributed by atoms with van der Waals surface area (Å²) in [6.45, 7) is 5.59. The number of hydrogen-bond donors (Lipinski definition) is 0. The summed E-state index contributed by atoms with van der Waals surface area (Å²) in [6.07, 6.45) is -1.39. The van der Waals surface area contributed by atoms with Crippen LogP contribution in [0.3, 0.4) is 0 Å². The van der Waals surface area contributed by atoms with Crippen molar-refractivity contribution in [2.24, 2.45) is 0 Å². The lowest BCUT2D eigenvalue weighted by Gasteiger charge is -2.34. The van der Waals surface area contributed by atoms with Crippen LogP contribution in [0.5, 0.6) is 0 Å². The number of likely N-dealkylation sites (N-methyl/N-ethyl adjacent to an activating group) is 1. The monoisotopic (exact) mass is 398 g/mol. The number of sulfonamides is 1. The van der Waals surface area contributed by atoms with Crippen molar-refractivity contribution in [1.82, 2.24) is 9.21 Å². The zero-order chi connectivity index (χ0) is 20.4. The van der Waals surface area contributed by atoms with Crippen molar-refractivity contribution in [2.75, 3.05) is 27.2 Å². The molecule has 0 spiro atoms. The first-order valence-electron chi connectivity index (χ1n) is 8.70. The Morgan fingerprint density at radius 1 is 1.22 bits per heavy atom. The van der Waals surface area contributed by atoms with Gasteiger partial charge < -0.3 is 14.4 Å². The van der Waals surface area contributed by atoms with E-state index in [4.69, 9.17) is 9.47 Å². The van der Waals surface area contributed by atoms with Gasteiger partial charge in [-0.15, -0.1) is 0 Å². The second-order valence-corrected chi connectivity index (χ2v) is 8.83. The summed E-state index contributed by atoms with van der Waals surface area (Å²) >= 11 is 0. The Labute approximate surface area is 160 Å². The summed E-state index contributed by atoms with van der Waals surface area (Å²) in [5.41, 5.74) is 0.0730. The average molecular weight is 398 g/mol. The van der Waals surface area contributed by atoms with Crippen molar-refractivity contribution >= 4 is 21.9 Å². The molecule has 1 aliphatic rings. The second-order valence-electron chi connectivity index (χ2n) is 6.89. The Morgan fingerprint density at radius 2 is 1.81 bits per heavy atom. The minimum atomic E-state index is -3.77. The maximum Gasteiger partial charge on any atom is 0.338 e. The maximum absolute atomic E-state index is 12.9. The molecule has 1 fully saturated rings. The van der Waals surface area contributed by atoms with Crippen molar-refractivity contribution in [3.05, 3.63) is 29.8 Å². The van der Waals surface area contributed by atoms with Gasteiger partial charge in [-0.1, -0.05) is 6.07 Å². The number of nitrogens with zero attached hydrogens (tertiary/aromatic N) is 2. The van der Waals surface area contributed by atoms with Gasteiger partial charge in [0.2, 0.25) is 10.0 Å². The van der Waals surface area contributed by atoms with Crippen LogP contribution in [-0.2, 0) is 24.3 Å². The quantitative estimate of drug-likeness (QED) is 0.690. The Hall–Kier alpha value is -1.97. The average Bonchev–Trinajstić information content (AvgIpc) is 2.60. The molecule has 3 atom stereocenters. The fourth-order valence-corrected chi connectivity index (χ4v) is 4.54. The predicted molar refractivity (Wildman–Crippen MR) is 98.8 cm³/mol. The lowest BCUT2D eigenvalue weighted by molar-refractivity contribution is -0.137. The van der Waals surface area contributed by atoms with Crippen molar-refractivity contribution in [2.45, 2.75) is 44.0 Å². The number of carbonyl (C=O) groups excluding carboxylic acids is 2. The molecule has 0 radical (unpaired) electrons. The van der Waals surface area contributed by atoms with Crippen LogP contribution in [0.2, 0.25) is 0 Å². The Bertz CT molecular complexity index is 798. The van der Waals surface area contributed by atoms with Gasteiger partial charge in [-0.05, 0) is 39.0 Å². The molecule has 0 bridgehead atoms. The third kappa shape index (κ3) is 5.06. The van der Waals surface area contributed by atoms with Crippen LogP contribution in [0.4, 0.5) is 0 Å². The molecule has 0 N–H and O–H groups in total. The molecule has 0 aliphatic carbocycles. The van der Waals surface area contributed by atoms with E-state index in [-0.39, 0.29) is 41.7 Å². The molecule has 27 heavy (non-hydrogen) atoms. The van der Waals surface area contributed by atoms with Gasteiger partial charge in [0, 0.05) is 27.2 Å². The smallest absolute Gasteiger partial charge is 0.338 e. The summed E-state index contributed by atoms with van der Waals surface area (Å²) in [5.74, 6) is -1.11. The van der Waals surface area contributed by atoms with Crippen LogP contribution in [0, 0.1) is 0 Å². The van der Waals surface area contributed by atoms with Crippen LogP contribution in [0.1, 0.15) is 31.1 Å². The van der Waals surface area contributed by atoms with Crippen LogP contribution < -0.4 is 0 Å². The van der Waals surface area contributed by atoms with E-state index in [1.54, 1.807) is 14.1 Å². The van der Waals surface area contributed by atoms with Gasteiger partial charge in [0.25, 0.3) is 5.91 Å². The van der Waals surface area contributed by atoms with Crippen LogP contribution in [-0.4, -0.2) is 75.0 Å². The van der Waals surface area contributed by atoms with Crippen LogP contribution >= 0.6 is 0 Å². The van der Waals surface area contributed by atoms with Crippen molar-refractivity contribution in [3.8, 4) is 0 Å². The number of benzene rings is 1. The standard InChI is InChI=1S/C18H26N2O6S/c1-12-10-20(11-13(2)25-12)27(23,24)16-8-6-7-15(9-16)18(22)26-14(3)17(21)19(4)5/h6-9,12-14H,10-11H2,1-5H3/t12-,13+,14-/m0/s1. The number of carbonyl (C=O) groups is 2. The van der Waals surface area contributed by atoms with E-state index >= 15 is 0 Å². The van der Waals surface area contributed by atoms with Gasteiger partial charge in [-0.25, -0.2) is 13.2 Å². The molecule has 8 nitrogen and oxygen atoms in total. The van der Waals surface area contributed by atoms with Gasteiger partial charge in [0.05, 0.1) is 22.7 Å². The Balaban J connectivity index is 2.21. The second kappa shape index (κ2) is 8.37. The summed E-state index contributed by atoms with van der Waals surface area (Å²) in [6, 6.07) is 5.65. The van der Waals surface area contributed by atoms with Gasteiger partial charge in [-0.3, -0.25) is 4.79 Å². The summed E-state index contributed by atoms with van der Waals surface area (Å²) in [4.78, 5) is 25.5. The van der Waals surface area contributed by atoms with E-state index in [0.29, 0.717) is 0 Å². The summed E-state index contributed by atoms with van der Waals surface area (Å²) < 4.78 is 37.9. The normalized spacial score (nSPS) is 22.1. The van der Waals surface area contributed by atoms with E-state index in [1.165, 1.54) is 40.4 Å². The highest BCUT2D eigenvalue weighted by Gasteiger charge is 2.32. The highest BCUT2D eigenvalue weighted by molar-refractivity contribution is 7.89. The van der Waals surface area contributed by atoms with Crippen molar-refractivity contribution < 1.29 is 27.5 Å². The highest BCUT2D eigenvalue weighted by Crippen LogP contribution is 2.22. The molecule has 2 rings (SSSR count). The number of morpholine rings is 1. The molecule has 1 aromatic carbocycles. The topological polar surface area (TPSA) is 93.2 Å². The molecular formula is C18H26N2O6S. The SMILES string of the molecule is C[C@@H]1CN(S(=O)(=O)c2cccc(C(=O)O[C@@H](C)C(=O)N(C)C)c2)C[C@H](C)O1. The van der Waals surface area contributed by atoms with E-state index in [9.17, 15) is 18.0 Å². The van der Waals surface area contributed by atoms with E-state index < -0.39 is 22.1 Å². The number of amides is 1. The molecule has 9 heteroatoms. The number of hydrogen-bond acceptors (Lipinski definition) is 6. The zero-order valence-corrected chi connectivity index (χ0v) is 17.0. The first kappa shape index (κ1) is 21.3. The molecule has 1 heterocycles. The molecule has 1 aromatic rings. The molecule has 0 aromatic heterocycles. The molecule has 150 valence electrons. The third-order valence-electron chi connectivity index (χ3n) is 4.17. The maximum atomic E-state index is 12.9. The fraction of sp³-hybridized carbons (Fsp3) is 0.556. The van der Waals surface area contributed by atoms with Gasteiger partial charge in [-0.2, -0.15) is 4.31 Å². The zero-order valence-electron chi connectivity index (χ0n) is 16.2. The fourth-order valence-electron chi connectivity index (χ4n) is 2.90. The third-order valence-corrected chi connectivity index (χ3v) is 5.99. The van der Waals surface area contributed by atoms with Crippen LogP contribution in [0.15, 0.2) is 29.2 Å². The lowest BCUT2D eigenvalue weighted by Crippen LogP contribution is -2.48. The lowest BCUT2D eigenvalue weighted by atomic mass is 10.2. The molecular weight excluding hydrogens is 372 g/mol. The first-order valence-corrected chi connectivity index (χ1v) is 10.1. The van der Waals surface area contributed by atoms with Crippen molar-refractivity contribution in [1.29, 1.82) is 0 Å². The number of ether oxygens (including phenoxy) is 2. The molecule has 1 aliphatic heterocycles. The molecule has 0 saturated carbocycles. The minimum Gasteiger partial charge on any atom is -0.449 e. The Morgan fingerprint density at radius 3 is 2.37 bits per heavy atom. The first-order chi connectivity index (χ1) is 12.5. The van der Waals surface area contributed by atoms with Gasteiger partial charge >= 0.3 is 5.97 Å². The van der Waals surface area contributed by atoms with E-state index in [0.717, 1.165) is 0 Å². The Kier molecular flexibility index (Phi) is 6.61. The molecule has 0 unspecified atom stereocenters. The minimum absolute atomic E-state index is 0.00448. The summed E-state index contributed by atoms with van der Waals surface area (Å²) in [7, 11) is -0.652. The van der Waals surface area contributed by atoms with Crippen LogP contribution in [0.25, 0.3) is 0 Å². The molecule has 1 amide bonds. The van der Waals surface area contributed by atoms with Gasteiger partial charge in [0.1, 0.15) is 0 Å². The highest BCUT2D eigenvalue weighted by atomic mass is 32.2. The van der Waals surface area contributed by atoms with E-state index in [1.807, 2.05) is 13.8 Å². The predicted octanol–water partition coefficient (Wildman–Crippen LogP) is 1.12. The number of rotatable bonds is 5. The van der Waals surface area contributed by atoms with Gasteiger partial charge in [0.15, 0.2) is 6.10 Å². The largest absolute Gasteiger partial charge is 0.449 e. The number of esters is 1. The van der Waals surface area contributed by atoms with E-state index in [2.05, 4.69) is 0 Å². The molecule has 1 saturated heterocycles. The van der Waals surface area contributed by atoms with Crippen molar-refractivity contribution in [3.63, 3.8) is 0 Å². The summed E-state index contributed by atoms with van der Waals surface area (Å²) in [5, 5.41) is 0.